The Hall–Kier alpha value is -2.58. The SMILES string of the molecule is CCCCCCCC/C=C\CCCCCCCCCC(=O)OC[C@H](COP(=O)(O)O)OC(=O)CCC/C=C\C/C=C\C/C=C\C=C\C(=O)CCCCC. The first kappa shape index (κ1) is 50.4. The lowest BCUT2D eigenvalue weighted by atomic mass is 10.1. The third-order valence-electron chi connectivity index (χ3n) is 8.49. The first-order chi connectivity index (χ1) is 25.7. The van der Waals surface area contributed by atoms with Crippen LogP contribution in [0.2, 0.25) is 0 Å². The van der Waals surface area contributed by atoms with E-state index in [0.29, 0.717) is 25.7 Å². The Morgan fingerprint density at radius 3 is 1.68 bits per heavy atom. The van der Waals surface area contributed by atoms with Gasteiger partial charge in [-0.05, 0) is 70.3 Å². The van der Waals surface area contributed by atoms with Crippen LogP contribution in [0.4, 0.5) is 0 Å². The number of unbranched alkanes of at least 4 members (excludes halogenated alkanes) is 16. The monoisotopic (exact) mass is 764 g/mol. The highest BCUT2D eigenvalue weighted by molar-refractivity contribution is 7.46. The van der Waals surface area contributed by atoms with Crippen LogP contribution in [-0.2, 0) is 32.9 Å². The molecule has 9 nitrogen and oxygen atoms in total. The summed E-state index contributed by atoms with van der Waals surface area (Å²) >= 11 is 0. The normalized spacial score (nSPS) is 13.0. The zero-order valence-electron chi connectivity index (χ0n) is 33.1. The molecule has 0 heterocycles. The van der Waals surface area contributed by atoms with Crippen molar-refractivity contribution in [2.24, 2.45) is 0 Å². The topological polar surface area (TPSA) is 136 Å². The first-order valence-electron chi connectivity index (χ1n) is 20.5. The Morgan fingerprint density at radius 1 is 0.547 bits per heavy atom. The van der Waals surface area contributed by atoms with Gasteiger partial charge in [-0.3, -0.25) is 18.9 Å². The number of carbonyl (C=O) groups excluding carboxylic acids is 3. The van der Waals surface area contributed by atoms with Gasteiger partial charge in [0.2, 0.25) is 0 Å². The summed E-state index contributed by atoms with van der Waals surface area (Å²) in [4.78, 5) is 54.5. The molecule has 0 rings (SSSR count). The number of esters is 2. The minimum Gasteiger partial charge on any atom is -0.462 e. The highest BCUT2D eigenvalue weighted by Gasteiger charge is 2.22. The van der Waals surface area contributed by atoms with Crippen molar-refractivity contribution in [3.8, 4) is 0 Å². The molecule has 0 fully saturated rings. The quantitative estimate of drug-likeness (QED) is 0.0158. The highest BCUT2D eigenvalue weighted by atomic mass is 31.2. The summed E-state index contributed by atoms with van der Waals surface area (Å²) in [5.41, 5.74) is 0. The van der Waals surface area contributed by atoms with Crippen molar-refractivity contribution >= 4 is 25.5 Å². The Balaban J connectivity index is 4.08. The average Bonchev–Trinajstić information content (AvgIpc) is 3.12. The van der Waals surface area contributed by atoms with E-state index in [1.165, 1.54) is 64.2 Å². The summed E-state index contributed by atoms with van der Waals surface area (Å²) in [6, 6.07) is 0. The largest absolute Gasteiger partial charge is 0.469 e. The summed E-state index contributed by atoms with van der Waals surface area (Å²) in [5, 5.41) is 0. The molecule has 0 amide bonds. The number of allylic oxidation sites excluding steroid dienone is 10. The number of phosphoric acid groups is 1. The number of carbonyl (C=O) groups is 3. The van der Waals surface area contributed by atoms with Crippen molar-refractivity contribution in [3.05, 3.63) is 60.8 Å². The zero-order valence-corrected chi connectivity index (χ0v) is 34.0. The van der Waals surface area contributed by atoms with Crippen molar-refractivity contribution < 1.29 is 42.7 Å². The van der Waals surface area contributed by atoms with E-state index in [1.807, 2.05) is 36.5 Å². The van der Waals surface area contributed by atoms with Crippen molar-refractivity contribution in [2.75, 3.05) is 13.2 Å². The van der Waals surface area contributed by atoms with Gasteiger partial charge in [0.25, 0.3) is 0 Å². The number of hydrogen-bond donors (Lipinski definition) is 2. The second kappa shape index (κ2) is 37.7. The van der Waals surface area contributed by atoms with E-state index in [-0.39, 0.29) is 25.2 Å². The highest BCUT2D eigenvalue weighted by Crippen LogP contribution is 2.36. The van der Waals surface area contributed by atoms with Gasteiger partial charge in [-0.25, -0.2) is 4.57 Å². The molecule has 2 N–H and O–H groups in total. The van der Waals surface area contributed by atoms with Crippen LogP contribution in [0.1, 0.15) is 174 Å². The van der Waals surface area contributed by atoms with Gasteiger partial charge in [-0.1, -0.05) is 146 Å². The van der Waals surface area contributed by atoms with Crippen LogP contribution in [0, 0.1) is 0 Å². The van der Waals surface area contributed by atoms with Gasteiger partial charge in [0.15, 0.2) is 11.9 Å². The average molecular weight is 765 g/mol. The first-order valence-corrected chi connectivity index (χ1v) is 22.1. The van der Waals surface area contributed by atoms with Crippen LogP contribution >= 0.6 is 7.82 Å². The van der Waals surface area contributed by atoms with Gasteiger partial charge in [0, 0.05) is 19.3 Å². The molecule has 0 saturated heterocycles. The summed E-state index contributed by atoms with van der Waals surface area (Å²) < 4.78 is 26.3. The standard InChI is InChI=1S/C43H73O9P/c1-3-5-7-8-9-10-11-12-13-14-15-16-19-22-25-28-32-36-42(45)50-38-41(39-51-53(47,48)49)52-43(46)37-33-29-26-23-20-17-18-21-24-27-31-35-40(44)34-30-6-4-2/h12-13,17-18,23-24,26-27,31,35,41H,3-11,14-16,19-22,25,28-30,32-34,36-39H2,1-2H3,(H2,47,48,49)/b13-12-,18-17-,26-23-,27-24-,35-31+/t41-/m1/s1. The van der Waals surface area contributed by atoms with E-state index in [2.05, 4.69) is 30.5 Å². The van der Waals surface area contributed by atoms with E-state index >= 15 is 0 Å². The molecule has 0 radical (unpaired) electrons. The minimum atomic E-state index is -4.79. The molecular weight excluding hydrogens is 691 g/mol. The molecule has 0 saturated carbocycles. The van der Waals surface area contributed by atoms with Gasteiger partial charge >= 0.3 is 19.8 Å². The van der Waals surface area contributed by atoms with E-state index in [0.717, 1.165) is 57.8 Å². The van der Waals surface area contributed by atoms with Crippen LogP contribution in [0.15, 0.2) is 60.8 Å². The fourth-order valence-electron chi connectivity index (χ4n) is 5.37. The number of ether oxygens (including phenoxy) is 2. The Bertz CT molecular complexity index is 1100. The lowest BCUT2D eigenvalue weighted by Crippen LogP contribution is -2.29. The Kier molecular flexibility index (Phi) is 35.9. The summed E-state index contributed by atoms with van der Waals surface area (Å²) in [7, 11) is -4.79. The Labute approximate surface area is 322 Å². The number of rotatable bonds is 37. The van der Waals surface area contributed by atoms with Crippen molar-refractivity contribution in [1.29, 1.82) is 0 Å². The molecule has 0 aliphatic heterocycles. The van der Waals surface area contributed by atoms with Gasteiger partial charge < -0.3 is 19.3 Å². The van der Waals surface area contributed by atoms with Gasteiger partial charge in [-0.15, -0.1) is 0 Å². The third-order valence-corrected chi connectivity index (χ3v) is 8.97. The molecule has 0 unspecified atom stereocenters. The van der Waals surface area contributed by atoms with Crippen LogP contribution in [0.25, 0.3) is 0 Å². The molecular formula is C43H73O9P. The van der Waals surface area contributed by atoms with Crippen LogP contribution in [-0.4, -0.2) is 46.8 Å². The van der Waals surface area contributed by atoms with Crippen molar-refractivity contribution in [3.63, 3.8) is 0 Å². The zero-order chi connectivity index (χ0) is 39.1. The summed E-state index contributed by atoms with van der Waals surface area (Å²) in [6.07, 6.45) is 43.6. The molecule has 0 aromatic carbocycles. The number of phosphoric ester groups is 1. The fraction of sp³-hybridized carbons (Fsp3) is 0.698. The Morgan fingerprint density at radius 2 is 1.04 bits per heavy atom. The van der Waals surface area contributed by atoms with E-state index < -0.39 is 32.5 Å². The van der Waals surface area contributed by atoms with Crippen molar-refractivity contribution in [1.82, 2.24) is 0 Å². The maximum Gasteiger partial charge on any atom is 0.469 e. The maximum absolute atomic E-state index is 12.4. The molecule has 0 aromatic heterocycles. The smallest absolute Gasteiger partial charge is 0.462 e. The molecule has 0 aromatic rings. The predicted molar refractivity (Wildman–Crippen MR) is 216 cm³/mol. The second-order valence-corrected chi connectivity index (χ2v) is 14.9. The second-order valence-electron chi connectivity index (χ2n) is 13.6. The molecule has 53 heavy (non-hydrogen) atoms. The van der Waals surface area contributed by atoms with Crippen LogP contribution in [0.5, 0.6) is 0 Å². The maximum atomic E-state index is 12.4. The lowest BCUT2D eigenvalue weighted by molar-refractivity contribution is -0.161. The fourth-order valence-corrected chi connectivity index (χ4v) is 5.73. The van der Waals surface area contributed by atoms with Gasteiger partial charge in [-0.2, -0.15) is 0 Å². The summed E-state index contributed by atoms with van der Waals surface area (Å²) in [5.74, 6) is -0.829. The number of hydrogen-bond acceptors (Lipinski definition) is 7. The van der Waals surface area contributed by atoms with Crippen LogP contribution in [0.3, 0.4) is 0 Å². The molecule has 10 heteroatoms. The van der Waals surface area contributed by atoms with Gasteiger partial charge in [0.05, 0.1) is 6.61 Å². The van der Waals surface area contributed by atoms with Crippen molar-refractivity contribution in [2.45, 2.75) is 180 Å². The molecule has 304 valence electrons. The molecule has 0 aliphatic carbocycles. The number of ketones is 1. The van der Waals surface area contributed by atoms with E-state index in [1.54, 1.807) is 12.2 Å². The van der Waals surface area contributed by atoms with E-state index in [4.69, 9.17) is 19.3 Å². The molecule has 1 atom stereocenters. The molecule has 0 bridgehead atoms. The molecule has 0 spiro atoms. The molecule has 0 aliphatic rings. The predicted octanol–water partition coefficient (Wildman–Crippen LogP) is 11.7. The third kappa shape index (κ3) is 40.4. The van der Waals surface area contributed by atoms with Gasteiger partial charge in [0.1, 0.15) is 6.61 Å². The van der Waals surface area contributed by atoms with E-state index in [9.17, 15) is 18.9 Å². The minimum absolute atomic E-state index is 0.107. The van der Waals surface area contributed by atoms with Crippen LogP contribution < -0.4 is 0 Å². The lowest BCUT2D eigenvalue weighted by Gasteiger charge is -2.18. The summed E-state index contributed by atoms with van der Waals surface area (Å²) in [6.45, 7) is 3.46.